The fourth-order valence-corrected chi connectivity index (χ4v) is 3.11. The Hall–Kier alpha value is -3.95. The number of hydrogen-bond acceptors (Lipinski definition) is 6. The second-order valence-corrected chi connectivity index (χ2v) is 7.81. The van der Waals surface area contributed by atoms with Gasteiger partial charge in [0.1, 0.15) is 5.75 Å². The van der Waals surface area contributed by atoms with Crippen LogP contribution in [0.25, 0.3) is 0 Å². The highest BCUT2D eigenvalue weighted by molar-refractivity contribution is 6.32. The first kappa shape index (κ1) is 24.7. The number of nitro benzene ring substituents is 1. The number of ether oxygens (including phenoxy) is 1. The van der Waals surface area contributed by atoms with Crippen molar-refractivity contribution in [1.82, 2.24) is 5.43 Å². The predicted molar refractivity (Wildman–Crippen MR) is 130 cm³/mol. The normalized spacial score (nSPS) is 10.7. The van der Waals surface area contributed by atoms with E-state index in [4.69, 9.17) is 27.9 Å². The summed E-state index contributed by atoms with van der Waals surface area (Å²) in [5.74, 6) is -0.612. The van der Waals surface area contributed by atoms with E-state index in [-0.39, 0.29) is 28.8 Å². The number of hydrogen-bond donors (Lipinski definition) is 2. The number of hydrazone groups is 1. The third-order valence-corrected chi connectivity index (χ3v) is 5.19. The summed E-state index contributed by atoms with van der Waals surface area (Å²) in [5.41, 5.74) is 4.45. The first-order valence-corrected chi connectivity index (χ1v) is 10.5. The third kappa shape index (κ3) is 6.77. The van der Waals surface area contributed by atoms with Crippen molar-refractivity contribution in [2.24, 2.45) is 5.10 Å². The molecule has 174 valence electrons. The summed E-state index contributed by atoms with van der Waals surface area (Å²) in [5, 5.41) is 18.0. The molecule has 0 aliphatic rings. The molecule has 0 heterocycles. The topological polar surface area (TPSA) is 123 Å². The molecule has 2 amide bonds. The van der Waals surface area contributed by atoms with Crippen LogP contribution in [0.4, 0.5) is 11.4 Å². The molecule has 0 saturated heterocycles. The van der Waals surface area contributed by atoms with Gasteiger partial charge in [0, 0.05) is 28.4 Å². The Morgan fingerprint density at radius 1 is 1.06 bits per heavy atom. The van der Waals surface area contributed by atoms with Crippen LogP contribution in [-0.4, -0.2) is 29.6 Å². The first-order chi connectivity index (χ1) is 16.2. The van der Waals surface area contributed by atoms with Gasteiger partial charge in [0.2, 0.25) is 0 Å². The fraction of sp³-hybridized carbons (Fsp3) is 0.0870. The van der Waals surface area contributed by atoms with Gasteiger partial charge < -0.3 is 10.1 Å². The molecule has 9 nitrogen and oxygen atoms in total. The molecular weight excluding hydrogens is 483 g/mol. The molecule has 11 heteroatoms. The zero-order valence-electron chi connectivity index (χ0n) is 17.7. The molecular formula is C23H18Cl2N4O5. The molecule has 0 aromatic heterocycles. The molecule has 34 heavy (non-hydrogen) atoms. The lowest BCUT2D eigenvalue weighted by Gasteiger charge is -2.10. The highest BCUT2D eigenvalue weighted by Crippen LogP contribution is 2.25. The molecule has 0 bridgehead atoms. The number of halogens is 2. The van der Waals surface area contributed by atoms with Crippen LogP contribution >= 0.6 is 23.2 Å². The maximum atomic E-state index is 12.1. The average molecular weight is 501 g/mol. The smallest absolute Gasteiger partial charge is 0.271 e. The number of rotatable bonds is 8. The first-order valence-electron chi connectivity index (χ1n) is 9.79. The van der Waals surface area contributed by atoms with Crippen LogP contribution in [0.1, 0.15) is 21.5 Å². The minimum Gasteiger partial charge on any atom is -0.482 e. The van der Waals surface area contributed by atoms with Gasteiger partial charge in [0.15, 0.2) is 6.61 Å². The average Bonchev–Trinajstić information content (AvgIpc) is 2.81. The number of anilines is 1. The van der Waals surface area contributed by atoms with Gasteiger partial charge in [-0.25, -0.2) is 5.43 Å². The van der Waals surface area contributed by atoms with Gasteiger partial charge >= 0.3 is 0 Å². The van der Waals surface area contributed by atoms with Crippen molar-refractivity contribution in [1.29, 1.82) is 0 Å². The van der Waals surface area contributed by atoms with Gasteiger partial charge in [0.25, 0.3) is 17.5 Å². The highest BCUT2D eigenvalue weighted by Gasteiger charge is 2.10. The lowest BCUT2D eigenvalue weighted by atomic mass is 10.2. The van der Waals surface area contributed by atoms with Gasteiger partial charge in [-0.2, -0.15) is 5.10 Å². The zero-order chi connectivity index (χ0) is 24.7. The van der Waals surface area contributed by atoms with E-state index >= 15 is 0 Å². The summed E-state index contributed by atoms with van der Waals surface area (Å²) in [4.78, 5) is 34.3. The van der Waals surface area contributed by atoms with Crippen LogP contribution in [0.3, 0.4) is 0 Å². The Bertz CT molecular complexity index is 1260. The summed E-state index contributed by atoms with van der Waals surface area (Å²) < 4.78 is 5.47. The van der Waals surface area contributed by atoms with Crippen LogP contribution in [0.5, 0.6) is 5.75 Å². The van der Waals surface area contributed by atoms with E-state index in [0.717, 1.165) is 5.56 Å². The Morgan fingerprint density at radius 3 is 2.44 bits per heavy atom. The number of nitro groups is 1. The molecule has 0 unspecified atom stereocenters. The van der Waals surface area contributed by atoms with E-state index in [2.05, 4.69) is 15.8 Å². The molecule has 2 N–H and O–H groups in total. The molecule has 0 atom stereocenters. The molecule has 0 fully saturated rings. The number of non-ortho nitro benzene ring substituents is 1. The van der Waals surface area contributed by atoms with Crippen LogP contribution in [0.2, 0.25) is 10.0 Å². The van der Waals surface area contributed by atoms with Gasteiger partial charge in [-0.1, -0.05) is 29.3 Å². The quantitative estimate of drug-likeness (QED) is 0.256. The van der Waals surface area contributed by atoms with Crippen LogP contribution in [0.15, 0.2) is 65.8 Å². The second-order valence-electron chi connectivity index (χ2n) is 6.99. The molecule has 3 rings (SSSR count). The van der Waals surface area contributed by atoms with E-state index in [0.29, 0.717) is 22.0 Å². The lowest BCUT2D eigenvalue weighted by Crippen LogP contribution is -2.20. The lowest BCUT2D eigenvalue weighted by molar-refractivity contribution is -0.384. The molecule has 0 radical (unpaired) electrons. The zero-order valence-corrected chi connectivity index (χ0v) is 19.3. The van der Waals surface area contributed by atoms with Gasteiger partial charge in [-0.3, -0.25) is 19.7 Å². The van der Waals surface area contributed by atoms with E-state index < -0.39 is 10.8 Å². The molecule has 0 aliphatic carbocycles. The van der Waals surface area contributed by atoms with E-state index in [1.807, 2.05) is 6.92 Å². The minimum atomic E-state index is -0.552. The summed E-state index contributed by atoms with van der Waals surface area (Å²) in [6, 6.07) is 15.1. The van der Waals surface area contributed by atoms with Crippen molar-refractivity contribution in [3.8, 4) is 5.75 Å². The van der Waals surface area contributed by atoms with Crippen molar-refractivity contribution in [3.63, 3.8) is 0 Å². The van der Waals surface area contributed by atoms with E-state index in [1.54, 1.807) is 36.4 Å². The Morgan fingerprint density at radius 2 is 1.79 bits per heavy atom. The van der Waals surface area contributed by atoms with E-state index in [9.17, 15) is 19.7 Å². The standard InChI is InChI=1S/C23H18Cl2N4O5/c1-14-2-6-17(11-19(14)24)27-22(30)13-34-21-9-3-15(10-20(21)25)12-26-28-23(31)16-4-7-18(8-5-16)29(32)33/h2-12H,13H2,1H3,(H,27,30)(H,28,31)/b26-12+. The Balaban J connectivity index is 1.52. The Kier molecular flexibility index (Phi) is 8.18. The maximum Gasteiger partial charge on any atom is 0.271 e. The number of nitrogens with one attached hydrogen (secondary N) is 2. The Labute approximate surface area is 204 Å². The summed E-state index contributed by atoms with van der Waals surface area (Å²) in [7, 11) is 0. The molecule has 0 aliphatic heterocycles. The summed E-state index contributed by atoms with van der Waals surface area (Å²) >= 11 is 12.3. The summed E-state index contributed by atoms with van der Waals surface area (Å²) in [6.45, 7) is 1.60. The minimum absolute atomic E-state index is 0.117. The van der Waals surface area contributed by atoms with Crippen molar-refractivity contribution >= 4 is 52.6 Å². The molecule has 0 spiro atoms. The highest BCUT2D eigenvalue weighted by atomic mass is 35.5. The fourth-order valence-electron chi connectivity index (χ4n) is 2.69. The molecule has 3 aromatic rings. The number of amides is 2. The van der Waals surface area contributed by atoms with Crippen molar-refractivity contribution in [3.05, 3.63) is 97.5 Å². The van der Waals surface area contributed by atoms with Crippen LogP contribution in [0, 0.1) is 17.0 Å². The number of carbonyl (C=O) groups is 2. The number of nitrogens with zero attached hydrogens (tertiary/aromatic N) is 2. The van der Waals surface area contributed by atoms with Crippen molar-refractivity contribution in [2.45, 2.75) is 6.92 Å². The van der Waals surface area contributed by atoms with E-state index in [1.165, 1.54) is 30.5 Å². The molecule has 3 aromatic carbocycles. The van der Waals surface area contributed by atoms with Crippen LogP contribution in [-0.2, 0) is 4.79 Å². The second kappa shape index (κ2) is 11.3. The van der Waals surface area contributed by atoms with Gasteiger partial charge in [-0.05, 0) is 60.5 Å². The van der Waals surface area contributed by atoms with Gasteiger partial charge in [0.05, 0.1) is 16.2 Å². The monoisotopic (exact) mass is 500 g/mol. The van der Waals surface area contributed by atoms with Crippen molar-refractivity contribution in [2.75, 3.05) is 11.9 Å². The predicted octanol–water partition coefficient (Wildman–Crippen LogP) is 4.99. The number of carbonyl (C=O) groups excluding carboxylic acids is 2. The largest absolute Gasteiger partial charge is 0.482 e. The van der Waals surface area contributed by atoms with Gasteiger partial charge in [-0.15, -0.1) is 0 Å². The SMILES string of the molecule is Cc1ccc(NC(=O)COc2ccc(/C=N/NC(=O)c3ccc([N+](=O)[O-])cc3)cc2Cl)cc1Cl. The van der Waals surface area contributed by atoms with Crippen molar-refractivity contribution < 1.29 is 19.2 Å². The van der Waals surface area contributed by atoms with Crippen LogP contribution < -0.4 is 15.5 Å². The molecule has 0 saturated carbocycles. The number of aryl methyl sites for hydroxylation is 1. The maximum absolute atomic E-state index is 12.1. The number of benzene rings is 3. The third-order valence-electron chi connectivity index (χ3n) is 4.49. The summed E-state index contributed by atoms with van der Waals surface area (Å²) in [6.07, 6.45) is 1.37.